The van der Waals surface area contributed by atoms with E-state index in [9.17, 15) is 28.2 Å². The fourth-order valence-electron chi connectivity index (χ4n) is 5.25. The van der Waals surface area contributed by atoms with Gasteiger partial charge < -0.3 is 19.6 Å². The van der Waals surface area contributed by atoms with Crippen LogP contribution in [0.2, 0.25) is 0 Å². The van der Waals surface area contributed by atoms with Gasteiger partial charge in [-0.2, -0.15) is 9.29 Å². The molecule has 43 heavy (non-hydrogen) atoms. The summed E-state index contributed by atoms with van der Waals surface area (Å²) < 4.78 is 33.3. The van der Waals surface area contributed by atoms with Crippen LogP contribution in [0.25, 0.3) is 0 Å². The third kappa shape index (κ3) is 7.50. The molecule has 2 aliphatic heterocycles. The van der Waals surface area contributed by atoms with Crippen LogP contribution in [0, 0.1) is 0 Å². The Balaban J connectivity index is 1.48. The zero-order valence-electron chi connectivity index (χ0n) is 24.7. The first-order valence-corrected chi connectivity index (χ1v) is 14.9. The van der Waals surface area contributed by atoms with Crippen molar-refractivity contribution >= 4 is 40.5 Å². The number of hydrogen-bond donors (Lipinski definition) is 1. The number of Topliss-reactive ketones (excluding diaryl/α,β-unsaturated/α-hetero) is 2. The van der Waals surface area contributed by atoms with Crippen LogP contribution in [0.15, 0.2) is 47.4 Å². The van der Waals surface area contributed by atoms with E-state index in [1.807, 2.05) is 0 Å². The first kappa shape index (κ1) is 32.3. The van der Waals surface area contributed by atoms with Gasteiger partial charge in [0.2, 0.25) is 11.3 Å². The molecule has 1 aromatic carbocycles. The molecule has 0 saturated carbocycles. The van der Waals surface area contributed by atoms with Gasteiger partial charge in [-0.3, -0.25) is 23.1 Å². The van der Waals surface area contributed by atoms with Gasteiger partial charge in [0.05, 0.1) is 18.6 Å². The minimum absolute atomic E-state index is 0.00766. The van der Waals surface area contributed by atoms with Crippen LogP contribution in [-0.2, 0) is 39.3 Å². The number of carbonyl (C=O) groups excluding carboxylic acids is 4. The lowest BCUT2D eigenvalue weighted by atomic mass is 9.99. The zero-order chi connectivity index (χ0) is 31.5. The molecule has 1 unspecified atom stereocenters. The van der Waals surface area contributed by atoms with Crippen molar-refractivity contribution in [1.29, 1.82) is 0 Å². The Bertz CT molecular complexity index is 1470. The normalized spacial score (nSPS) is 23.6. The first-order valence-electron chi connectivity index (χ1n) is 13.9. The second-order valence-electron chi connectivity index (χ2n) is 11.7. The van der Waals surface area contributed by atoms with E-state index >= 15 is 0 Å². The van der Waals surface area contributed by atoms with Gasteiger partial charge in [-0.25, -0.2) is 9.00 Å². The van der Waals surface area contributed by atoms with Crippen molar-refractivity contribution in [2.24, 2.45) is 0 Å². The molecule has 1 aromatic heterocycles. The van der Waals surface area contributed by atoms with Gasteiger partial charge in [-0.1, -0.05) is 18.2 Å². The van der Waals surface area contributed by atoms with Gasteiger partial charge in [-0.05, 0) is 52.8 Å². The Morgan fingerprint density at radius 2 is 1.79 bits per heavy atom. The van der Waals surface area contributed by atoms with Crippen LogP contribution in [0.5, 0.6) is 0 Å². The summed E-state index contributed by atoms with van der Waals surface area (Å²) in [5.74, 6) is -1.26. The van der Waals surface area contributed by atoms with Crippen molar-refractivity contribution in [3.05, 3.63) is 58.6 Å². The van der Waals surface area contributed by atoms with Gasteiger partial charge in [-0.15, -0.1) is 0 Å². The Hall–Kier alpha value is -3.59. The molecule has 0 aliphatic carbocycles. The van der Waals surface area contributed by atoms with E-state index in [2.05, 4.69) is 10.3 Å². The zero-order valence-corrected chi connectivity index (χ0v) is 25.5. The summed E-state index contributed by atoms with van der Waals surface area (Å²) in [6, 6.07) is 9.88. The molecule has 3 heterocycles. The summed E-state index contributed by atoms with van der Waals surface area (Å²) in [6.07, 6.45) is -1.23. The molecule has 2 aliphatic rings. The first-order chi connectivity index (χ1) is 20.2. The highest BCUT2D eigenvalue weighted by Crippen LogP contribution is 2.40. The molecule has 0 bridgehead atoms. The van der Waals surface area contributed by atoms with Crippen molar-refractivity contribution in [3.8, 4) is 0 Å². The summed E-state index contributed by atoms with van der Waals surface area (Å²) in [5, 5.41) is 2.58. The second-order valence-corrected chi connectivity index (χ2v) is 12.7. The van der Waals surface area contributed by atoms with E-state index in [0.29, 0.717) is 5.56 Å². The molecule has 0 radical (unpaired) electrons. The molecule has 232 valence electrons. The van der Waals surface area contributed by atoms with Crippen LogP contribution in [0.1, 0.15) is 76.9 Å². The van der Waals surface area contributed by atoms with E-state index in [1.165, 1.54) is 28.1 Å². The number of rotatable bonds is 11. The molecule has 1 amide bonds. The lowest BCUT2D eigenvalue weighted by Gasteiger charge is -2.36. The molecule has 2 aromatic rings. The summed E-state index contributed by atoms with van der Waals surface area (Å²) >= 11 is -2.05. The monoisotopic (exact) mass is 616 g/mol. The average molecular weight is 617 g/mol. The molecule has 0 spiro atoms. The number of anilines is 1. The lowest BCUT2D eigenvalue weighted by molar-refractivity contribution is -0.153. The van der Waals surface area contributed by atoms with E-state index in [4.69, 9.17) is 13.7 Å². The highest BCUT2D eigenvalue weighted by atomic mass is 32.2. The Kier molecular flexibility index (Phi) is 9.74. The highest BCUT2D eigenvalue weighted by Gasteiger charge is 2.54. The van der Waals surface area contributed by atoms with Gasteiger partial charge in [0.1, 0.15) is 30.0 Å². The predicted molar refractivity (Wildman–Crippen MR) is 155 cm³/mol. The second kappa shape index (κ2) is 13.0. The van der Waals surface area contributed by atoms with Crippen LogP contribution < -0.4 is 11.0 Å². The van der Waals surface area contributed by atoms with Crippen LogP contribution >= 0.6 is 0 Å². The molecule has 2 saturated heterocycles. The summed E-state index contributed by atoms with van der Waals surface area (Å²) in [7, 11) is 0. The summed E-state index contributed by atoms with van der Waals surface area (Å²) in [4.78, 5) is 65.7. The molecule has 13 nitrogen and oxygen atoms in total. The minimum Gasteiger partial charge on any atom is -0.459 e. The van der Waals surface area contributed by atoms with Crippen LogP contribution in [-0.4, -0.2) is 71.4 Å². The van der Waals surface area contributed by atoms with Gasteiger partial charge in [0.15, 0.2) is 5.78 Å². The highest BCUT2D eigenvalue weighted by molar-refractivity contribution is 7.77. The van der Waals surface area contributed by atoms with Crippen molar-refractivity contribution in [3.63, 3.8) is 0 Å². The standard InChI is InChI=1S/C29H36N4O9S/c1-18(34)11-12-25(36)42-20-15-24(32-14-13-23(31-27(32)38)30-26(37)19-9-7-6-8-10-19)41-21(20)17-40-43(39)33-28(2,3)16-22(35)29(33,4)5/h6-10,13-14,20-21,24H,11-12,15-17H2,1-5H3,(H,30,31,37,38)/t20-,21+,24+,43?/m0/s1. The Labute approximate surface area is 251 Å². The fraction of sp³-hybridized carbons (Fsp3) is 0.517. The minimum atomic E-state index is -2.05. The van der Waals surface area contributed by atoms with Gasteiger partial charge >= 0.3 is 11.7 Å². The number of ketones is 2. The largest absolute Gasteiger partial charge is 0.459 e. The molecule has 4 atom stereocenters. The Morgan fingerprint density at radius 1 is 1.09 bits per heavy atom. The maximum Gasteiger partial charge on any atom is 0.351 e. The molecule has 1 N–H and O–H groups in total. The lowest BCUT2D eigenvalue weighted by Crippen LogP contribution is -2.51. The van der Waals surface area contributed by atoms with Gasteiger partial charge in [0, 0.05) is 36.6 Å². The number of nitrogens with zero attached hydrogens (tertiary/aromatic N) is 3. The molecule has 14 heteroatoms. The van der Waals surface area contributed by atoms with E-state index in [1.54, 1.807) is 58.0 Å². The maximum absolute atomic E-state index is 13.3. The fourth-order valence-corrected chi connectivity index (χ4v) is 6.55. The van der Waals surface area contributed by atoms with Crippen molar-refractivity contribution in [2.45, 2.75) is 89.8 Å². The molecular weight excluding hydrogens is 580 g/mol. The number of carbonyl (C=O) groups is 4. The SMILES string of the molecule is CC(=O)CCC(=O)O[C@H]1C[C@H](n2ccc(NC(=O)c3ccccc3)nc2=O)O[C@@H]1COS(=O)N1C(C)(C)CC(=O)C1(C)C. The smallest absolute Gasteiger partial charge is 0.351 e. The van der Waals surface area contributed by atoms with Gasteiger partial charge in [0.25, 0.3) is 5.91 Å². The summed E-state index contributed by atoms with van der Waals surface area (Å²) in [5.41, 5.74) is -2.07. The number of nitrogens with one attached hydrogen (secondary N) is 1. The number of esters is 1. The third-order valence-corrected chi connectivity index (χ3v) is 8.96. The average Bonchev–Trinajstić information content (AvgIpc) is 3.39. The number of hydrogen-bond acceptors (Lipinski definition) is 10. The van der Waals surface area contributed by atoms with E-state index < -0.39 is 58.3 Å². The van der Waals surface area contributed by atoms with E-state index in [0.717, 1.165) is 0 Å². The van der Waals surface area contributed by atoms with Crippen molar-refractivity contribution in [2.75, 3.05) is 11.9 Å². The molecule has 4 rings (SSSR count). The quantitative estimate of drug-likeness (QED) is 0.371. The third-order valence-electron chi connectivity index (χ3n) is 7.38. The number of ether oxygens (including phenoxy) is 2. The number of amides is 1. The summed E-state index contributed by atoms with van der Waals surface area (Å²) in [6.45, 7) is 8.04. The van der Waals surface area contributed by atoms with Crippen LogP contribution in [0.3, 0.4) is 0 Å². The van der Waals surface area contributed by atoms with Crippen molar-refractivity contribution < 1.29 is 37.0 Å². The van der Waals surface area contributed by atoms with Crippen molar-refractivity contribution in [1.82, 2.24) is 13.9 Å². The Morgan fingerprint density at radius 3 is 2.40 bits per heavy atom. The molecular formula is C29H36N4O9S. The molecule has 2 fully saturated rings. The maximum atomic E-state index is 13.3. The predicted octanol–water partition coefficient (Wildman–Crippen LogP) is 2.49. The number of aromatic nitrogens is 2. The van der Waals surface area contributed by atoms with Crippen LogP contribution in [0.4, 0.5) is 5.82 Å². The number of benzene rings is 1. The van der Waals surface area contributed by atoms with E-state index in [-0.39, 0.29) is 49.7 Å². The topological polar surface area (TPSA) is 163 Å².